The van der Waals surface area contributed by atoms with E-state index in [0.717, 1.165) is 30.5 Å². The smallest absolute Gasteiger partial charge is 0.151 e. The number of hydrazine groups is 1. The van der Waals surface area contributed by atoms with E-state index in [9.17, 15) is 0 Å². The van der Waals surface area contributed by atoms with Gasteiger partial charge in [0, 0.05) is 31.1 Å². The molecule has 1 aromatic rings. The van der Waals surface area contributed by atoms with Crippen molar-refractivity contribution in [1.29, 1.82) is 0 Å². The molecule has 3 unspecified atom stereocenters. The van der Waals surface area contributed by atoms with E-state index in [4.69, 9.17) is 0 Å². The summed E-state index contributed by atoms with van der Waals surface area (Å²) in [6.07, 6.45) is 6.36. The van der Waals surface area contributed by atoms with Crippen LogP contribution in [0.25, 0.3) is 0 Å². The Kier molecular flexibility index (Phi) is 5.49. The Labute approximate surface area is 140 Å². The molecule has 0 aliphatic carbocycles. The van der Waals surface area contributed by atoms with Gasteiger partial charge in [-0.1, -0.05) is 26.7 Å². The molecule has 5 heteroatoms. The third kappa shape index (κ3) is 3.66. The van der Waals surface area contributed by atoms with Crippen LogP contribution in [0.2, 0.25) is 0 Å². The molecule has 0 radical (unpaired) electrons. The van der Waals surface area contributed by atoms with Crippen molar-refractivity contribution in [1.82, 2.24) is 21.0 Å². The third-order valence-electron chi connectivity index (χ3n) is 5.49. The minimum absolute atomic E-state index is 0.584. The van der Waals surface area contributed by atoms with E-state index in [-0.39, 0.29) is 0 Å². The Morgan fingerprint density at radius 2 is 1.96 bits per heavy atom. The SMILES string of the molecule is CCCC(CCC)C1NNC2CCN(c3ccc(C)nn3)CC21. The van der Waals surface area contributed by atoms with Crippen molar-refractivity contribution < 1.29 is 0 Å². The van der Waals surface area contributed by atoms with Crippen molar-refractivity contribution in [3.63, 3.8) is 0 Å². The molecule has 3 heterocycles. The normalized spacial score (nSPS) is 27.5. The topological polar surface area (TPSA) is 53.1 Å². The second kappa shape index (κ2) is 7.58. The number of nitrogens with zero attached hydrogens (tertiary/aromatic N) is 3. The van der Waals surface area contributed by atoms with Gasteiger partial charge in [-0.15, -0.1) is 5.10 Å². The highest BCUT2D eigenvalue weighted by Gasteiger charge is 2.42. The molecule has 2 aliphatic heterocycles. The molecule has 2 N–H and O–H groups in total. The molecule has 128 valence electrons. The first kappa shape index (κ1) is 16.7. The number of anilines is 1. The Balaban J connectivity index is 1.71. The average Bonchev–Trinajstić information content (AvgIpc) is 2.98. The lowest BCUT2D eigenvalue weighted by molar-refractivity contribution is 0.259. The second-order valence-electron chi connectivity index (χ2n) is 7.19. The van der Waals surface area contributed by atoms with Crippen molar-refractivity contribution in [3.8, 4) is 0 Å². The molecule has 0 amide bonds. The van der Waals surface area contributed by atoms with Gasteiger partial charge in [0.25, 0.3) is 0 Å². The second-order valence-corrected chi connectivity index (χ2v) is 7.19. The van der Waals surface area contributed by atoms with Crippen LogP contribution < -0.4 is 15.8 Å². The van der Waals surface area contributed by atoms with Gasteiger partial charge in [-0.3, -0.25) is 10.9 Å². The third-order valence-corrected chi connectivity index (χ3v) is 5.49. The predicted octanol–water partition coefficient (Wildman–Crippen LogP) is 2.67. The van der Waals surface area contributed by atoms with Crippen LogP contribution in [-0.2, 0) is 0 Å². The Morgan fingerprint density at radius 1 is 1.17 bits per heavy atom. The van der Waals surface area contributed by atoms with Gasteiger partial charge in [-0.2, -0.15) is 5.10 Å². The molecule has 0 bridgehead atoms. The largest absolute Gasteiger partial charge is 0.355 e. The minimum Gasteiger partial charge on any atom is -0.355 e. The maximum absolute atomic E-state index is 4.39. The van der Waals surface area contributed by atoms with Gasteiger partial charge in [0.05, 0.1) is 5.69 Å². The first-order valence-corrected chi connectivity index (χ1v) is 9.29. The molecule has 0 aromatic carbocycles. The van der Waals surface area contributed by atoms with E-state index in [2.05, 4.69) is 51.9 Å². The standard InChI is InChI=1S/C18H31N5/c1-4-6-14(7-5-2)18-15-12-23(11-10-16(15)20-22-18)17-9-8-13(3)19-21-17/h8-9,14-16,18,20,22H,4-7,10-12H2,1-3H3. The van der Waals surface area contributed by atoms with Crippen LogP contribution in [0.3, 0.4) is 0 Å². The Morgan fingerprint density at radius 3 is 2.61 bits per heavy atom. The summed E-state index contributed by atoms with van der Waals surface area (Å²) < 4.78 is 0. The fourth-order valence-corrected chi connectivity index (χ4v) is 4.32. The average molecular weight is 317 g/mol. The first-order valence-electron chi connectivity index (χ1n) is 9.29. The van der Waals surface area contributed by atoms with Crippen molar-refractivity contribution in [3.05, 3.63) is 17.8 Å². The quantitative estimate of drug-likeness (QED) is 0.845. The predicted molar refractivity (Wildman–Crippen MR) is 94.2 cm³/mol. The monoisotopic (exact) mass is 317 g/mol. The molecule has 1 aromatic heterocycles. The Hall–Kier alpha value is -1.20. The van der Waals surface area contributed by atoms with Gasteiger partial charge >= 0.3 is 0 Å². The molecule has 0 spiro atoms. The number of rotatable bonds is 6. The maximum Gasteiger partial charge on any atom is 0.151 e. The summed E-state index contributed by atoms with van der Waals surface area (Å²) in [6.45, 7) is 8.74. The minimum atomic E-state index is 0.584. The van der Waals surface area contributed by atoms with Crippen LogP contribution in [0, 0.1) is 18.8 Å². The van der Waals surface area contributed by atoms with Crippen molar-refractivity contribution >= 4 is 5.82 Å². The molecule has 3 rings (SSSR count). The van der Waals surface area contributed by atoms with Crippen LogP contribution in [0.5, 0.6) is 0 Å². The zero-order valence-electron chi connectivity index (χ0n) is 14.8. The fraction of sp³-hybridized carbons (Fsp3) is 0.778. The zero-order valence-corrected chi connectivity index (χ0v) is 14.8. The zero-order chi connectivity index (χ0) is 16.2. The van der Waals surface area contributed by atoms with Gasteiger partial charge < -0.3 is 4.90 Å². The first-order chi connectivity index (χ1) is 11.2. The molecular formula is C18H31N5. The highest BCUT2D eigenvalue weighted by molar-refractivity contribution is 5.38. The van der Waals surface area contributed by atoms with Gasteiger partial charge in [0.1, 0.15) is 0 Å². The van der Waals surface area contributed by atoms with Gasteiger partial charge in [-0.25, -0.2) is 0 Å². The van der Waals surface area contributed by atoms with E-state index in [1.54, 1.807) is 0 Å². The summed E-state index contributed by atoms with van der Waals surface area (Å²) in [5.74, 6) is 2.47. The number of hydrogen-bond donors (Lipinski definition) is 2. The summed E-state index contributed by atoms with van der Waals surface area (Å²) in [7, 11) is 0. The van der Waals surface area contributed by atoms with Crippen LogP contribution in [-0.4, -0.2) is 35.4 Å². The van der Waals surface area contributed by atoms with Gasteiger partial charge in [-0.05, 0) is 44.2 Å². The highest BCUT2D eigenvalue weighted by Crippen LogP contribution is 2.33. The van der Waals surface area contributed by atoms with E-state index in [1.807, 2.05) is 6.92 Å². The lowest BCUT2D eigenvalue weighted by Gasteiger charge is -2.38. The molecule has 2 aliphatic rings. The molecule has 2 fully saturated rings. The summed E-state index contributed by atoms with van der Waals surface area (Å²) in [5, 5.41) is 8.62. The summed E-state index contributed by atoms with van der Waals surface area (Å²) in [4.78, 5) is 2.42. The molecule has 3 atom stereocenters. The van der Waals surface area contributed by atoms with Gasteiger partial charge in [0.2, 0.25) is 0 Å². The van der Waals surface area contributed by atoms with Crippen LogP contribution in [0.4, 0.5) is 5.82 Å². The fourth-order valence-electron chi connectivity index (χ4n) is 4.32. The lowest BCUT2D eigenvalue weighted by atomic mass is 9.79. The Bertz CT molecular complexity index is 483. The molecule has 5 nitrogen and oxygen atoms in total. The molecule has 2 saturated heterocycles. The van der Waals surface area contributed by atoms with Crippen molar-refractivity contribution in [2.75, 3.05) is 18.0 Å². The van der Waals surface area contributed by atoms with Crippen LogP contribution >= 0.6 is 0 Å². The van der Waals surface area contributed by atoms with Crippen LogP contribution in [0.15, 0.2) is 12.1 Å². The van der Waals surface area contributed by atoms with E-state index < -0.39 is 0 Å². The number of aryl methyl sites for hydroxylation is 1. The number of fused-ring (bicyclic) bond motifs is 1. The number of piperidine rings is 1. The van der Waals surface area contributed by atoms with E-state index in [1.165, 1.54) is 32.1 Å². The van der Waals surface area contributed by atoms with Crippen molar-refractivity contribution in [2.24, 2.45) is 11.8 Å². The number of nitrogens with one attached hydrogen (secondary N) is 2. The summed E-state index contributed by atoms with van der Waals surface area (Å²) >= 11 is 0. The lowest BCUT2D eigenvalue weighted by Crippen LogP contribution is -2.48. The molecule has 23 heavy (non-hydrogen) atoms. The highest BCUT2D eigenvalue weighted by atomic mass is 15.4. The number of hydrogen-bond acceptors (Lipinski definition) is 5. The molecule has 0 saturated carbocycles. The van der Waals surface area contributed by atoms with Gasteiger partial charge in [0.15, 0.2) is 5.82 Å². The summed E-state index contributed by atoms with van der Waals surface area (Å²) in [6, 6.07) is 5.36. The summed E-state index contributed by atoms with van der Waals surface area (Å²) in [5.41, 5.74) is 8.19. The van der Waals surface area contributed by atoms with E-state index in [0.29, 0.717) is 18.0 Å². The van der Waals surface area contributed by atoms with Crippen molar-refractivity contribution in [2.45, 2.75) is 65.0 Å². The van der Waals surface area contributed by atoms with Crippen LogP contribution in [0.1, 0.15) is 51.6 Å². The molecular weight excluding hydrogens is 286 g/mol. The number of aromatic nitrogens is 2. The van der Waals surface area contributed by atoms with E-state index >= 15 is 0 Å². The maximum atomic E-state index is 4.39.